The summed E-state index contributed by atoms with van der Waals surface area (Å²) in [6.07, 6.45) is 2.71. The van der Waals surface area contributed by atoms with Gasteiger partial charge in [0.25, 0.3) is 0 Å². The lowest BCUT2D eigenvalue weighted by Gasteiger charge is -2.45. The molecular weight excluding hydrogens is 232 g/mol. The van der Waals surface area contributed by atoms with Gasteiger partial charge in [-0.05, 0) is 20.9 Å². The highest BCUT2D eigenvalue weighted by atomic mass is 16.4. The second-order valence-corrected chi connectivity index (χ2v) is 5.23. The van der Waals surface area contributed by atoms with Crippen LogP contribution in [0, 0.1) is 0 Å². The molecule has 0 unspecified atom stereocenters. The zero-order valence-corrected chi connectivity index (χ0v) is 10.9. The molecule has 0 atom stereocenters. The molecule has 1 aromatic rings. The summed E-state index contributed by atoms with van der Waals surface area (Å²) in [4.78, 5) is 23.4. The first kappa shape index (κ1) is 12.8. The second-order valence-electron chi connectivity index (χ2n) is 5.23. The van der Waals surface area contributed by atoms with Crippen molar-refractivity contribution in [3.05, 3.63) is 18.0 Å². The number of hydrogen-bond donors (Lipinski definition) is 1. The molecule has 18 heavy (non-hydrogen) atoms. The topological polar surface area (TPSA) is 69.6 Å². The van der Waals surface area contributed by atoms with Gasteiger partial charge in [0.2, 0.25) is 5.95 Å². The fraction of sp³-hybridized carbons (Fsp3) is 0.583. The summed E-state index contributed by atoms with van der Waals surface area (Å²) in [6, 6.07) is 0. The first-order valence-electron chi connectivity index (χ1n) is 5.92. The minimum Gasteiger partial charge on any atom is -0.478 e. The average Bonchev–Trinajstić information content (AvgIpc) is 2.33. The lowest BCUT2D eigenvalue weighted by atomic mass is 10.0. The predicted molar refractivity (Wildman–Crippen MR) is 67.9 cm³/mol. The Labute approximate surface area is 106 Å². The van der Waals surface area contributed by atoms with E-state index >= 15 is 0 Å². The Hall–Kier alpha value is -1.69. The van der Waals surface area contributed by atoms with Gasteiger partial charge in [0.05, 0.1) is 5.56 Å². The van der Waals surface area contributed by atoms with Crippen LogP contribution in [0.25, 0.3) is 0 Å². The molecule has 2 heterocycles. The second kappa shape index (κ2) is 4.53. The quantitative estimate of drug-likeness (QED) is 0.833. The number of rotatable bonds is 2. The van der Waals surface area contributed by atoms with Crippen LogP contribution in [0.15, 0.2) is 12.4 Å². The summed E-state index contributed by atoms with van der Waals surface area (Å²) in [7, 11) is 2.10. The number of hydrogen-bond acceptors (Lipinski definition) is 5. The summed E-state index contributed by atoms with van der Waals surface area (Å²) in [5, 5.41) is 8.80. The van der Waals surface area contributed by atoms with E-state index in [1.54, 1.807) is 0 Å². The Balaban J connectivity index is 2.15. The summed E-state index contributed by atoms with van der Waals surface area (Å²) >= 11 is 0. The molecule has 0 aromatic carbocycles. The van der Waals surface area contributed by atoms with Gasteiger partial charge in [0, 0.05) is 37.6 Å². The van der Waals surface area contributed by atoms with Crippen LogP contribution in [0.2, 0.25) is 0 Å². The predicted octanol–water partition coefficient (Wildman–Crippen LogP) is 0.705. The van der Waals surface area contributed by atoms with Crippen LogP contribution < -0.4 is 4.90 Å². The monoisotopic (exact) mass is 250 g/mol. The van der Waals surface area contributed by atoms with Crippen LogP contribution in [-0.2, 0) is 0 Å². The van der Waals surface area contributed by atoms with Gasteiger partial charge in [-0.15, -0.1) is 0 Å². The number of carboxylic acid groups (broad SMARTS) is 1. The number of aromatic nitrogens is 2. The fourth-order valence-corrected chi connectivity index (χ4v) is 2.01. The first-order chi connectivity index (χ1) is 8.40. The molecule has 0 saturated carbocycles. The zero-order chi connectivity index (χ0) is 13.3. The molecule has 0 bridgehead atoms. The Kier molecular flexibility index (Phi) is 3.21. The maximum atomic E-state index is 10.7. The first-order valence-corrected chi connectivity index (χ1v) is 5.92. The zero-order valence-electron chi connectivity index (χ0n) is 10.9. The summed E-state index contributed by atoms with van der Waals surface area (Å²) in [5.41, 5.74) is 0.180. The van der Waals surface area contributed by atoms with Crippen molar-refractivity contribution in [3.8, 4) is 0 Å². The third-order valence-corrected chi connectivity index (χ3v) is 3.48. The number of nitrogens with zero attached hydrogens (tertiary/aromatic N) is 4. The Morgan fingerprint density at radius 2 is 1.94 bits per heavy atom. The van der Waals surface area contributed by atoms with E-state index in [4.69, 9.17) is 5.11 Å². The molecule has 1 fully saturated rings. The minimum absolute atomic E-state index is 0.0626. The summed E-state index contributed by atoms with van der Waals surface area (Å²) in [5.74, 6) is -0.401. The van der Waals surface area contributed by atoms with Crippen LogP contribution in [0.3, 0.4) is 0 Å². The maximum Gasteiger partial charge on any atom is 0.338 e. The average molecular weight is 250 g/mol. The van der Waals surface area contributed by atoms with Gasteiger partial charge >= 0.3 is 5.97 Å². The molecule has 98 valence electrons. The Morgan fingerprint density at radius 1 is 1.33 bits per heavy atom. The van der Waals surface area contributed by atoms with Gasteiger partial charge in [-0.1, -0.05) is 0 Å². The number of carbonyl (C=O) groups is 1. The van der Waals surface area contributed by atoms with Crippen molar-refractivity contribution >= 4 is 11.9 Å². The van der Waals surface area contributed by atoms with Crippen LogP contribution >= 0.6 is 0 Å². The number of anilines is 1. The van der Waals surface area contributed by atoms with Crippen molar-refractivity contribution in [1.82, 2.24) is 14.9 Å². The molecule has 6 heteroatoms. The third kappa shape index (κ3) is 2.43. The minimum atomic E-state index is -1.000. The number of piperazine rings is 1. The van der Waals surface area contributed by atoms with Gasteiger partial charge in [-0.2, -0.15) is 0 Å². The van der Waals surface area contributed by atoms with E-state index in [0.717, 1.165) is 19.6 Å². The summed E-state index contributed by atoms with van der Waals surface area (Å²) < 4.78 is 0. The van der Waals surface area contributed by atoms with Crippen LogP contribution in [-0.4, -0.2) is 58.2 Å². The van der Waals surface area contributed by atoms with E-state index in [0.29, 0.717) is 5.95 Å². The number of likely N-dealkylation sites (N-methyl/N-ethyl adjacent to an activating group) is 1. The van der Waals surface area contributed by atoms with E-state index in [9.17, 15) is 4.79 Å². The Morgan fingerprint density at radius 3 is 2.44 bits per heavy atom. The number of aromatic carboxylic acids is 1. The molecule has 1 aliphatic heterocycles. The van der Waals surface area contributed by atoms with Crippen molar-refractivity contribution in [3.63, 3.8) is 0 Å². The van der Waals surface area contributed by atoms with Crippen LogP contribution in [0.1, 0.15) is 24.2 Å². The van der Waals surface area contributed by atoms with Crippen molar-refractivity contribution in [2.45, 2.75) is 19.4 Å². The van der Waals surface area contributed by atoms with E-state index in [1.807, 2.05) is 0 Å². The van der Waals surface area contributed by atoms with E-state index in [1.165, 1.54) is 12.4 Å². The molecule has 0 spiro atoms. The molecule has 6 nitrogen and oxygen atoms in total. The largest absolute Gasteiger partial charge is 0.478 e. The highest BCUT2D eigenvalue weighted by Crippen LogP contribution is 2.21. The molecule has 1 N–H and O–H groups in total. The van der Waals surface area contributed by atoms with Crippen molar-refractivity contribution in [2.75, 3.05) is 31.6 Å². The highest BCUT2D eigenvalue weighted by Gasteiger charge is 2.32. The van der Waals surface area contributed by atoms with E-state index < -0.39 is 5.97 Å². The smallest absolute Gasteiger partial charge is 0.338 e. The van der Waals surface area contributed by atoms with Crippen molar-refractivity contribution in [1.29, 1.82) is 0 Å². The maximum absolute atomic E-state index is 10.7. The molecule has 1 aliphatic rings. The third-order valence-electron chi connectivity index (χ3n) is 3.48. The molecule has 1 aromatic heterocycles. The van der Waals surface area contributed by atoms with Gasteiger partial charge < -0.3 is 10.0 Å². The normalized spacial score (nSPS) is 19.8. The molecule has 0 radical (unpaired) electrons. The van der Waals surface area contributed by atoms with Crippen molar-refractivity contribution in [2.24, 2.45) is 0 Å². The van der Waals surface area contributed by atoms with Gasteiger partial charge in [-0.25, -0.2) is 14.8 Å². The summed E-state index contributed by atoms with van der Waals surface area (Å²) in [6.45, 7) is 6.97. The van der Waals surface area contributed by atoms with Gasteiger partial charge in [0.1, 0.15) is 0 Å². The van der Waals surface area contributed by atoms with Crippen LogP contribution in [0.5, 0.6) is 0 Å². The fourth-order valence-electron chi connectivity index (χ4n) is 2.01. The molecule has 0 amide bonds. The van der Waals surface area contributed by atoms with Gasteiger partial charge in [-0.3, -0.25) is 4.90 Å². The van der Waals surface area contributed by atoms with Crippen LogP contribution in [0.4, 0.5) is 5.95 Å². The molecule has 1 saturated heterocycles. The van der Waals surface area contributed by atoms with E-state index in [2.05, 4.69) is 40.7 Å². The Bertz CT molecular complexity index is 444. The lowest BCUT2D eigenvalue weighted by Crippen LogP contribution is -2.58. The molecular formula is C12H18N4O2. The SMILES string of the molecule is CN1CCN(c2ncc(C(=O)O)cn2)CC1(C)C. The lowest BCUT2D eigenvalue weighted by molar-refractivity contribution is 0.0696. The molecule has 2 rings (SSSR count). The van der Waals surface area contributed by atoms with Crippen molar-refractivity contribution < 1.29 is 9.90 Å². The number of carboxylic acids is 1. The standard InChI is InChI=1S/C12H18N4O2/c1-12(2)8-16(5-4-15(12)3)11-13-6-9(7-14-11)10(17)18/h6-7H,4-5,8H2,1-3H3,(H,17,18). The van der Waals surface area contributed by atoms with Gasteiger partial charge in [0.15, 0.2) is 0 Å². The van der Waals surface area contributed by atoms with E-state index in [-0.39, 0.29) is 11.1 Å². The highest BCUT2D eigenvalue weighted by molar-refractivity contribution is 5.86. The molecule has 0 aliphatic carbocycles.